The van der Waals surface area contributed by atoms with Gasteiger partial charge in [-0.25, -0.2) is 24.0 Å². The molecule has 1 saturated carbocycles. The van der Waals surface area contributed by atoms with Gasteiger partial charge < -0.3 is 56.6 Å². The Morgan fingerprint density at radius 2 is 1.11 bits per heavy atom. The summed E-state index contributed by atoms with van der Waals surface area (Å²) in [5.41, 5.74) is 7.27. The first-order valence-corrected chi connectivity index (χ1v) is 25.2. The van der Waals surface area contributed by atoms with Gasteiger partial charge in [0, 0.05) is 37.9 Å². The number of esters is 3. The molecule has 398 valence electrons. The van der Waals surface area contributed by atoms with Crippen LogP contribution in [-0.4, -0.2) is 109 Å². The summed E-state index contributed by atoms with van der Waals surface area (Å²) < 4.78 is 22.2. The van der Waals surface area contributed by atoms with Gasteiger partial charge in [0.05, 0.1) is 0 Å². The Hall–Kier alpha value is -6.40. The molecule has 19 heteroatoms. The maximum absolute atomic E-state index is 13.6. The van der Waals surface area contributed by atoms with Gasteiger partial charge in [0.25, 0.3) is 0 Å². The number of ether oxygens (including phenoxy) is 4. The Bertz CT molecular complexity index is 2140. The van der Waals surface area contributed by atoms with Gasteiger partial charge in [-0.1, -0.05) is 48.5 Å². The van der Waals surface area contributed by atoms with E-state index < -0.39 is 76.9 Å². The third-order valence-corrected chi connectivity index (χ3v) is 12.0. The number of hydrogen-bond donors (Lipinski definition) is 7. The zero-order chi connectivity index (χ0) is 53.2. The van der Waals surface area contributed by atoms with Crippen LogP contribution in [0.5, 0.6) is 0 Å². The smallest absolute Gasteiger partial charge is 0.407 e. The fraction of sp³-hybridized carbons (Fsp3) is 0.623. The molecule has 0 spiro atoms. The van der Waals surface area contributed by atoms with E-state index in [1.807, 2.05) is 24.3 Å². The highest BCUT2D eigenvalue weighted by molar-refractivity contribution is 5.89. The van der Waals surface area contributed by atoms with E-state index in [0.29, 0.717) is 51.5 Å². The minimum Gasteiger partial charge on any atom is -0.460 e. The van der Waals surface area contributed by atoms with Crippen molar-refractivity contribution < 1.29 is 57.3 Å². The van der Waals surface area contributed by atoms with Crippen LogP contribution >= 0.6 is 0 Å². The summed E-state index contributed by atoms with van der Waals surface area (Å²) in [5.74, 6) is -2.97. The minimum absolute atomic E-state index is 0.0451. The van der Waals surface area contributed by atoms with Crippen molar-refractivity contribution >= 4 is 47.9 Å². The lowest BCUT2D eigenvalue weighted by Crippen LogP contribution is -2.53. The lowest BCUT2D eigenvalue weighted by atomic mass is 9.81. The number of primary amides is 1. The van der Waals surface area contributed by atoms with Gasteiger partial charge in [-0.05, 0) is 155 Å². The standard InChI is InChI=1S/C53H79N7O12/c1-51(2,3)70-43(61)28-27-42(47(65)72-53(7,8)9)60-49(67)59-41(46(64)71-52(4,5)6)21-14-15-29-55-45(63)40(22-16-30-56-48(54)66)58-44(62)34-25-23-33(24-26-34)31-57-50(68)69-32-39-37-19-12-10-17-35(37)36-18-11-13-20-38(36)39/h10-13,17-20,33-34,39-42H,14-16,21-32H2,1-9H3,(H,55,63)(H,57,68)(H,58,62)(H3,54,56,66)(H2,59,60,67)/t33?,34?,40-,41-,42-/m0/s1. The number of hydrogen-bond acceptors (Lipinski definition) is 12. The highest BCUT2D eigenvalue weighted by Crippen LogP contribution is 2.44. The fourth-order valence-electron chi connectivity index (χ4n) is 8.65. The molecule has 2 aliphatic rings. The van der Waals surface area contributed by atoms with Crippen LogP contribution < -0.4 is 37.6 Å². The van der Waals surface area contributed by atoms with Crippen molar-refractivity contribution in [3.8, 4) is 11.1 Å². The van der Waals surface area contributed by atoms with E-state index in [1.54, 1.807) is 62.3 Å². The highest BCUT2D eigenvalue weighted by Gasteiger charge is 2.34. The summed E-state index contributed by atoms with van der Waals surface area (Å²) in [4.78, 5) is 104. The van der Waals surface area contributed by atoms with Gasteiger partial charge in [-0.2, -0.15) is 0 Å². The molecule has 0 aromatic heterocycles. The fourth-order valence-corrected chi connectivity index (χ4v) is 8.65. The van der Waals surface area contributed by atoms with Gasteiger partial charge >= 0.3 is 36.1 Å². The Morgan fingerprint density at radius 1 is 0.597 bits per heavy atom. The van der Waals surface area contributed by atoms with E-state index in [2.05, 4.69) is 56.2 Å². The van der Waals surface area contributed by atoms with E-state index in [9.17, 15) is 38.4 Å². The number of nitrogens with two attached hydrogens (primary N) is 1. The molecule has 0 aliphatic heterocycles. The van der Waals surface area contributed by atoms with Crippen molar-refractivity contribution in [1.82, 2.24) is 31.9 Å². The molecular formula is C53H79N7O12. The van der Waals surface area contributed by atoms with Crippen LogP contribution in [-0.2, 0) is 42.9 Å². The summed E-state index contributed by atoms with van der Waals surface area (Å²) in [7, 11) is 0. The molecule has 7 amide bonds. The number of unbranched alkanes of at least 4 members (excludes halogenated alkanes) is 1. The van der Waals surface area contributed by atoms with E-state index in [0.717, 1.165) is 22.3 Å². The lowest BCUT2D eigenvalue weighted by Gasteiger charge is -2.29. The summed E-state index contributed by atoms with van der Waals surface area (Å²) in [5, 5.41) is 16.4. The second-order valence-electron chi connectivity index (χ2n) is 21.6. The summed E-state index contributed by atoms with van der Waals surface area (Å²) in [6, 6.07) is 11.4. The Labute approximate surface area is 424 Å². The number of fused-ring (bicyclic) bond motifs is 3. The van der Waals surface area contributed by atoms with Crippen LogP contribution in [0.2, 0.25) is 0 Å². The molecule has 72 heavy (non-hydrogen) atoms. The van der Waals surface area contributed by atoms with Crippen molar-refractivity contribution in [2.45, 2.75) is 174 Å². The second-order valence-corrected chi connectivity index (χ2v) is 21.6. The first kappa shape index (κ1) is 58.2. The van der Waals surface area contributed by atoms with Crippen LogP contribution in [0.1, 0.15) is 150 Å². The average molecular weight is 1010 g/mol. The van der Waals surface area contributed by atoms with Crippen molar-refractivity contribution in [3.05, 3.63) is 59.7 Å². The minimum atomic E-state index is -1.24. The molecule has 19 nitrogen and oxygen atoms in total. The third-order valence-electron chi connectivity index (χ3n) is 12.0. The van der Waals surface area contributed by atoms with Crippen LogP contribution in [0.25, 0.3) is 11.1 Å². The van der Waals surface area contributed by atoms with Gasteiger partial charge in [0.2, 0.25) is 11.8 Å². The largest absolute Gasteiger partial charge is 0.460 e. The van der Waals surface area contributed by atoms with Gasteiger partial charge in [-0.3, -0.25) is 14.4 Å². The zero-order valence-corrected chi connectivity index (χ0v) is 43.7. The van der Waals surface area contributed by atoms with E-state index in [1.165, 1.54) is 0 Å². The Balaban J connectivity index is 1.26. The number of rotatable bonds is 23. The van der Waals surface area contributed by atoms with Crippen molar-refractivity contribution in [2.75, 3.05) is 26.2 Å². The quantitative estimate of drug-likeness (QED) is 0.0363. The topological polar surface area (TPSA) is 272 Å². The molecule has 3 atom stereocenters. The van der Waals surface area contributed by atoms with Crippen molar-refractivity contribution in [1.29, 1.82) is 0 Å². The predicted molar refractivity (Wildman–Crippen MR) is 270 cm³/mol. The molecular weight excluding hydrogens is 927 g/mol. The number of amides is 7. The van der Waals surface area contributed by atoms with Crippen molar-refractivity contribution in [2.24, 2.45) is 17.6 Å². The third kappa shape index (κ3) is 20.4. The summed E-state index contributed by atoms with van der Waals surface area (Å²) in [6.07, 6.45) is 3.14. The Morgan fingerprint density at radius 3 is 1.65 bits per heavy atom. The Kier molecular flexibility index (Phi) is 21.7. The molecule has 0 unspecified atom stereocenters. The number of carbonyl (C=O) groups is 8. The molecule has 2 aliphatic carbocycles. The number of benzene rings is 2. The van der Waals surface area contributed by atoms with Crippen molar-refractivity contribution in [3.63, 3.8) is 0 Å². The molecule has 2 aromatic carbocycles. The second kappa shape index (κ2) is 26.9. The summed E-state index contributed by atoms with van der Waals surface area (Å²) in [6.45, 7) is 16.2. The molecule has 0 heterocycles. The number of urea groups is 2. The number of carbonyl (C=O) groups excluding carboxylic acids is 8. The predicted octanol–water partition coefficient (Wildman–Crippen LogP) is 6.39. The summed E-state index contributed by atoms with van der Waals surface area (Å²) >= 11 is 0. The first-order chi connectivity index (χ1) is 33.8. The number of nitrogens with one attached hydrogen (secondary N) is 6. The SMILES string of the molecule is CC(C)(C)OC(=O)CC[C@H](NC(=O)N[C@@H](CCCCNC(=O)[C@H](CCCNC(N)=O)NC(=O)C1CCC(CNC(=O)OCC2c3ccccc3-c3ccccc32)CC1)C(=O)OC(C)(C)C)C(=O)OC(C)(C)C. The molecule has 2 aromatic rings. The average Bonchev–Trinajstić information content (AvgIpc) is 3.60. The van der Waals surface area contributed by atoms with E-state index in [4.69, 9.17) is 24.7 Å². The highest BCUT2D eigenvalue weighted by atomic mass is 16.6. The van der Waals surface area contributed by atoms with Crippen LogP contribution in [0.4, 0.5) is 14.4 Å². The van der Waals surface area contributed by atoms with Crippen LogP contribution in [0.3, 0.4) is 0 Å². The molecule has 0 saturated heterocycles. The monoisotopic (exact) mass is 1010 g/mol. The maximum atomic E-state index is 13.6. The molecule has 1 fully saturated rings. The zero-order valence-electron chi connectivity index (χ0n) is 43.7. The molecule has 0 bridgehead atoms. The number of alkyl carbamates (subject to hydrolysis) is 1. The molecule has 8 N–H and O–H groups in total. The van der Waals surface area contributed by atoms with Crippen LogP contribution in [0.15, 0.2) is 48.5 Å². The van der Waals surface area contributed by atoms with E-state index >= 15 is 0 Å². The van der Waals surface area contributed by atoms with Gasteiger partial charge in [-0.15, -0.1) is 0 Å². The van der Waals surface area contributed by atoms with Gasteiger partial charge in [0.1, 0.15) is 41.5 Å². The first-order valence-electron chi connectivity index (χ1n) is 25.2. The van der Waals surface area contributed by atoms with Gasteiger partial charge in [0.15, 0.2) is 0 Å². The normalized spacial score (nSPS) is 16.8. The molecule has 4 rings (SSSR count). The maximum Gasteiger partial charge on any atom is 0.407 e. The molecule has 0 radical (unpaired) electrons. The lowest BCUT2D eigenvalue weighted by molar-refractivity contribution is -0.159. The van der Waals surface area contributed by atoms with Crippen LogP contribution in [0, 0.1) is 11.8 Å². The van der Waals surface area contributed by atoms with E-state index in [-0.39, 0.29) is 69.0 Å².